The Morgan fingerprint density at radius 3 is 2.28 bits per heavy atom. The highest BCUT2D eigenvalue weighted by molar-refractivity contribution is 5.95. The first-order valence-corrected chi connectivity index (χ1v) is 9.89. The third-order valence-corrected chi connectivity index (χ3v) is 5.09. The first-order valence-electron chi connectivity index (χ1n) is 9.89. The molecule has 2 N–H and O–H groups in total. The van der Waals surface area contributed by atoms with Crippen LogP contribution in [0.2, 0.25) is 0 Å². The summed E-state index contributed by atoms with van der Waals surface area (Å²) in [5.74, 6) is -0.693. The predicted octanol–water partition coefficient (Wildman–Crippen LogP) is 2.61. The van der Waals surface area contributed by atoms with Crippen LogP contribution < -0.4 is 20.7 Å². The van der Waals surface area contributed by atoms with Gasteiger partial charge in [0.05, 0.1) is 4.92 Å². The molecule has 0 saturated carbocycles. The van der Waals surface area contributed by atoms with Gasteiger partial charge in [0.15, 0.2) is 0 Å². The number of carbonyl (C=O) groups is 1. The minimum absolute atomic E-state index is 0.106. The molecule has 1 aromatic heterocycles. The molecule has 0 aliphatic carbocycles. The van der Waals surface area contributed by atoms with Crippen molar-refractivity contribution < 1.29 is 14.1 Å². The summed E-state index contributed by atoms with van der Waals surface area (Å²) in [5, 5.41) is 11.8. The van der Waals surface area contributed by atoms with Crippen LogP contribution in [0.5, 0.6) is 0 Å². The zero-order valence-electron chi connectivity index (χ0n) is 16.9. The molecule has 2 aromatic carbocycles. The third kappa shape index (κ3) is 4.56. The van der Waals surface area contributed by atoms with Crippen LogP contribution in [0.15, 0.2) is 60.9 Å². The number of carbonyl (C=O) groups excluding carboxylic acids is 1. The van der Waals surface area contributed by atoms with E-state index >= 15 is 0 Å². The van der Waals surface area contributed by atoms with Crippen LogP contribution in [0.3, 0.4) is 0 Å². The zero-order valence-corrected chi connectivity index (χ0v) is 16.9. The monoisotopic (exact) mass is 437 g/mol. The van der Waals surface area contributed by atoms with Crippen LogP contribution in [0.4, 0.5) is 27.4 Å². The maximum Gasteiger partial charge on any atom is 0.355 e. The molecule has 0 radical (unpaired) electrons. The Kier molecular flexibility index (Phi) is 6.06. The summed E-state index contributed by atoms with van der Waals surface area (Å²) in [6.45, 7) is 2.12. The van der Waals surface area contributed by atoms with E-state index in [1.165, 1.54) is 18.5 Å². The van der Waals surface area contributed by atoms with Gasteiger partial charge in [-0.15, -0.1) is 0 Å². The number of hydrogen-bond acceptors (Lipinski definition) is 8. The molecule has 0 bridgehead atoms. The largest absolute Gasteiger partial charge is 0.368 e. The van der Waals surface area contributed by atoms with Crippen molar-refractivity contribution >= 4 is 28.9 Å². The number of rotatable bonds is 6. The van der Waals surface area contributed by atoms with E-state index in [0.717, 1.165) is 5.69 Å². The number of piperazine rings is 1. The number of benzene rings is 2. The van der Waals surface area contributed by atoms with Crippen molar-refractivity contribution in [1.29, 1.82) is 0 Å². The van der Waals surface area contributed by atoms with Crippen LogP contribution in [-0.2, 0) is 0 Å². The second-order valence-corrected chi connectivity index (χ2v) is 7.05. The van der Waals surface area contributed by atoms with Crippen LogP contribution in [0, 0.1) is 15.9 Å². The summed E-state index contributed by atoms with van der Waals surface area (Å²) in [4.78, 5) is 35.4. The van der Waals surface area contributed by atoms with Gasteiger partial charge >= 0.3 is 5.69 Å². The highest BCUT2D eigenvalue weighted by Gasteiger charge is 2.29. The molecule has 164 valence electrons. The van der Waals surface area contributed by atoms with Crippen molar-refractivity contribution in [3.8, 4) is 0 Å². The molecule has 2 heterocycles. The Morgan fingerprint density at radius 2 is 1.62 bits per heavy atom. The molecule has 0 unspecified atom stereocenters. The Morgan fingerprint density at radius 1 is 0.969 bits per heavy atom. The van der Waals surface area contributed by atoms with E-state index in [4.69, 9.17) is 0 Å². The van der Waals surface area contributed by atoms with Crippen LogP contribution in [0.25, 0.3) is 0 Å². The highest BCUT2D eigenvalue weighted by atomic mass is 19.1. The number of aromatic nitrogens is 2. The Balaban J connectivity index is 1.48. The lowest BCUT2D eigenvalue weighted by Crippen LogP contribution is -2.47. The highest BCUT2D eigenvalue weighted by Crippen LogP contribution is 2.32. The lowest BCUT2D eigenvalue weighted by atomic mass is 10.2. The Labute approximate surface area is 182 Å². The SMILES string of the molecule is O=C(NNc1ncnc(N2CCN(c3ccc(F)cc3)CC2)c1[N+](=O)[O-])c1ccccc1. The zero-order chi connectivity index (χ0) is 22.5. The number of anilines is 3. The maximum absolute atomic E-state index is 13.2. The average molecular weight is 437 g/mol. The number of hydrogen-bond donors (Lipinski definition) is 2. The summed E-state index contributed by atoms with van der Waals surface area (Å²) in [7, 11) is 0. The summed E-state index contributed by atoms with van der Waals surface area (Å²) in [5.41, 5.74) is 5.94. The van der Waals surface area contributed by atoms with Gasteiger partial charge in [-0.1, -0.05) is 18.2 Å². The van der Waals surface area contributed by atoms with E-state index < -0.39 is 10.8 Å². The van der Waals surface area contributed by atoms with Gasteiger partial charge in [-0.3, -0.25) is 25.8 Å². The van der Waals surface area contributed by atoms with Gasteiger partial charge in [0, 0.05) is 37.4 Å². The molecule has 1 fully saturated rings. The number of nitrogens with one attached hydrogen (secondary N) is 2. The van der Waals surface area contributed by atoms with Gasteiger partial charge in [0.25, 0.3) is 5.91 Å². The van der Waals surface area contributed by atoms with Gasteiger partial charge in [0.2, 0.25) is 11.6 Å². The summed E-state index contributed by atoms with van der Waals surface area (Å²) < 4.78 is 13.2. The second-order valence-electron chi connectivity index (χ2n) is 7.05. The van der Waals surface area contributed by atoms with Gasteiger partial charge < -0.3 is 9.80 Å². The average Bonchev–Trinajstić information content (AvgIpc) is 2.83. The lowest BCUT2D eigenvalue weighted by Gasteiger charge is -2.36. The molecule has 0 spiro atoms. The van der Waals surface area contributed by atoms with Crippen molar-refractivity contribution in [1.82, 2.24) is 15.4 Å². The molecule has 3 aromatic rings. The summed E-state index contributed by atoms with van der Waals surface area (Å²) in [6.07, 6.45) is 1.21. The molecule has 1 saturated heterocycles. The quantitative estimate of drug-likeness (QED) is 0.447. The molecule has 1 aliphatic rings. The van der Waals surface area contributed by atoms with Crippen molar-refractivity contribution in [3.05, 3.63) is 82.4 Å². The minimum Gasteiger partial charge on any atom is -0.368 e. The van der Waals surface area contributed by atoms with Crippen molar-refractivity contribution in [2.75, 3.05) is 41.4 Å². The van der Waals surface area contributed by atoms with Gasteiger partial charge in [-0.25, -0.2) is 14.4 Å². The number of nitro groups is 1. The Bertz CT molecular complexity index is 1100. The number of nitrogens with zero attached hydrogens (tertiary/aromatic N) is 5. The molecular formula is C21H20FN7O3. The van der Waals surface area contributed by atoms with E-state index in [0.29, 0.717) is 31.7 Å². The predicted molar refractivity (Wildman–Crippen MR) is 117 cm³/mol. The fourth-order valence-electron chi connectivity index (χ4n) is 3.47. The molecule has 32 heavy (non-hydrogen) atoms. The molecule has 10 nitrogen and oxygen atoms in total. The van der Waals surface area contributed by atoms with E-state index in [-0.39, 0.29) is 23.1 Å². The maximum atomic E-state index is 13.2. The fraction of sp³-hybridized carbons (Fsp3) is 0.190. The second kappa shape index (κ2) is 9.25. The molecule has 1 aliphatic heterocycles. The summed E-state index contributed by atoms with van der Waals surface area (Å²) in [6, 6.07) is 14.7. The molecule has 4 rings (SSSR count). The minimum atomic E-state index is -0.571. The van der Waals surface area contributed by atoms with Crippen molar-refractivity contribution in [2.45, 2.75) is 0 Å². The lowest BCUT2D eigenvalue weighted by molar-refractivity contribution is -0.383. The normalized spacial score (nSPS) is 13.5. The van der Waals surface area contributed by atoms with Gasteiger partial charge in [-0.05, 0) is 36.4 Å². The molecule has 0 atom stereocenters. The van der Waals surface area contributed by atoms with E-state index in [1.54, 1.807) is 47.4 Å². The van der Waals surface area contributed by atoms with E-state index in [2.05, 4.69) is 25.7 Å². The number of amides is 1. The van der Waals surface area contributed by atoms with Crippen molar-refractivity contribution in [2.24, 2.45) is 0 Å². The molecular weight excluding hydrogens is 417 g/mol. The van der Waals surface area contributed by atoms with Crippen LogP contribution in [-0.4, -0.2) is 47.0 Å². The van der Waals surface area contributed by atoms with Gasteiger partial charge in [-0.2, -0.15) is 0 Å². The fourth-order valence-corrected chi connectivity index (χ4v) is 3.47. The van der Waals surface area contributed by atoms with E-state index in [1.807, 2.05) is 0 Å². The smallest absolute Gasteiger partial charge is 0.355 e. The third-order valence-electron chi connectivity index (χ3n) is 5.09. The van der Waals surface area contributed by atoms with E-state index in [9.17, 15) is 19.3 Å². The Hall–Kier alpha value is -4.28. The number of hydrazine groups is 1. The molecule has 11 heteroatoms. The number of halogens is 1. The van der Waals surface area contributed by atoms with Gasteiger partial charge in [0.1, 0.15) is 12.1 Å². The topological polar surface area (TPSA) is 117 Å². The summed E-state index contributed by atoms with van der Waals surface area (Å²) >= 11 is 0. The van der Waals surface area contributed by atoms with Crippen LogP contribution in [0.1, 0.15) is 10.4 Å². The van der Waals surface area contributed by atoms with Crippen molar-refractivity contribution in [3.63, 3.8) is 0 Å². The molecule has 1 amide bonds. The standard InChI is InChI=1S/C21H20FN7O3/c22-16-6-8-17(9-7-16)27-10-12-28(13-11-27)20-18(29(31)32)19(23-14-24-20)25-26-21(30)15-4-2-1-3-5-15/h1-9,14H,10-13H2,(H,26,30)(H,23,24,25). The van der Waals surface area contributed by atoms with Crippen LogP contribution >= 0.6 is 0 Å². The first-order chi connectivity index (χ1) is 15.5. The first kappa shape index (κ1) is 21.0.